The summed E-state index contributed by atoms with van der Waals surface area (Å²) in [4.78, 5) is 0. The summed E-state index contributed by atoms with van der Waals surface area (Å²) in [5.74, 6) is 0. The van der Waals surface area contributed by atoms with Gasteiger partial charge in [0.05, 0.1) is 0 Å². The quantitative estimate of drug-likeness (QED) is 0.505. The first kappa shape index (κ1) is 11.2. The van der Waals surface area contributed by atoms with E-state index in [0.29, 0.717) is 0 Å². The molecule has 0 bridgehead atoms. The molecule has 4 N–H and O–H groups in total. The molecule has 8 heavy (non-hydrogen) atoms. The molecule has 0 spiro atoms. The van der Waals surface area contributed by atoms with E-state index in [9.17, 15) is 0 Å². The zero-order valence-electron chi connectivity index (χ0n) is 4.74. The van der Waals surface area contributed by atoms with Gasteiger partial charge in [-0.05, 0) is 0 Å². The molecule has 0 aromatic carbocycles. The van der Waals surface area contributed by atoms with Gasteiger partial charge in [0.15, 0.2) is 0 Å². The molecule has 1 fully saturated rings. The van der Waals surface area contributed by atoms with Gasteiger partial charge in [0.1, 0.15) is 0 Å². The van der Waals surface area contributed by atoms with Crippen LogP contribution in [0.25, 0.3) is 0 Å². The van der Waals surface area contributed by atoms with Crippen LogP contribution in [0.3, 0.4) is 0 Å². The van der Waals surface area contributed by atoms with Crippen LogP contribution in [0.2, 0.25) is 0 Å². The summed E-state index contributed by atoms with van der Waals surface area (Å²) < 4.78 is 0. The summed E-state index contributed by atoms with van der Waals surface area (Å²) >= 11 is 0. The van der Waals surface area contributed by atoms with Gasteiger partial charge in [0.25, 0.3) is 0 Å². The lowest BCUT2D eigenvalue weighted by molar-refractivity contribution is 0.534. The van der Waals surface area contributed by atoms with Gasteiger partial charge in [0, 0.05) is 26.2 Å². The predicted octanol–water partition coefficient (Wildman–Crippen LogP) is -1.07. The van der Waals surface area contributed by atoms with Crippen LogP contribution in [0.15, 0.2) is 0 Å². The van der Waals surface area contributed by atoms with Crippen LogP contribution < -0.4 is 10.6 Å². The highest BCUT2D eigenvalue weighted by Gasteiger charge is 1.91. The summed E-state index contributed by atoms with van der Waals surface area (Å²) in [5.41, 5.74) is 0. The van der Waals surface area contributed by atoms with Gasteiger partial charge < -0.3 is 16.1 Å². The topological polar surface area (TPSA) is 55.6 Å². The molecule has 0 atom stereocenters. The van der Waals surface area contributed by atoms with Crippen molar-refractivity contribution in [3.8, 4) is 0 Å². The van der Waals surface area contributed by atoms with E-state index in [4.69, 9.17) is 0 Å². The van der Waals surface area contributed by atoms with E-state index in [1.807, 2.05) is 0 Å². The van der Waals surface area contributed by atoms with Crippen LogP contribution in [0.5, 0.6) is 0 Å². The zero-order valence-corrected chi connectivity index (χ0v) is 6.45. The average Bonchev–Trinajstić information content (AvgIpc) is 1.72. The van der Waals surface area contributed by atoms with Gasteiger partial charge in [-0.2, -0.15) is 0 Å². The molecule has 1 heterocycles. The summed E-state index contributed by atoms with van der Waals surface area (Å²) in [6.45, 7) is 4.56. The molecule has 0 unspecified atom stereocenters. The molecule has 0 saturated carbocycles. The number of piperazine rings is 1. The van der Waals surface area contributed by atoms with Crippen molar-refractivity contribution in [1.82, 2.24) is 10.6 Å². The summed E-state index contributed by atoms with van der Waals surface area (Å²) in [7, 11) is 0. The van der Waals surface area contributed by atoms with Gasteiger partial charge in [-0.1, -0.05) is 0 Å². The first-order valence-electron chi connectivity index (χ1n) is 2.41. The zero-order chi connectivity index (χ0) is 4.24. The van der Waals surface area contributed by atoms with Gasteiger partial charge >= 0.3 is 0 Å². The molecule has 1 aliphatic rings. The monoisotopic (exact) mass is 184 g/mol. The Balaban J connectivity index is 0. The fourth-order valence-corrected chi connectivity index (χ4v) is 0.604. The van der Waals surface area contributed by atoms with Crippen LogP contribution in [-0.2, 0) is 0 Å². The lowest BCUT2D eigenvalue weighted by atomic mass is 10.4. The van der Waals surface area contributed by atoms with E-state index in [1.165, 1.54) is 0 Å². The Morgan fingerprint density at radius 2 is 1.00 bits per heavy atom. The van der Waals surface area contributed by atoms with Gasteiger partial charge in [-0.3, -0.25) is 0 Å². The third kappa shape index (κ3) is 4.52. The standard InChI is InChI=1S/C4H10N2.BrH.H2O/c1-2-6-4-3-5-1;;/h5-6H,1-4H2;1H;1H2. The Kier molecular flexibility index (Phi) is 10.3. The number of hydrogen-bond acceptors (Lipinski definition) is 2. The van der Waals surface area contributed by atoms with Crippen LogP contribution >= 0.6 is 17.0 Å². The Morgan fingerprint density at radius 3 is 1.12 bits per heavy atom. The van der Waals surface area contributed by atoms with Gasteiger partial charge in [-0.15, -0.1) is 17.0 Å². The highest BCUT2D eigenvalue weighted by molar-refractivity contribution is 8.93. The van der Waals surface area contributed by atoms with Crippen molar-refractivity contribution in [3.63, 3.8) is 0 Å². The number of halogens is 1. The lowest BCUT2D eigenvalue weighted by Crippen LogP contribution is -2.39. The van der Waals surface area contributed by atoms with E-state index in [0.717, 1.165) is 26.2 Å². The molecule has 1 rings (SSSR count). The molecule has 0 aliphatic carbocycles. The molecule has 3 nitrogen and oxygen atoms in total. The molecule has 1 saturated heterocycles. The minimum absolute atomic E-state index is 0. The fourth-order valence-electron chi connectivity index (χ4n) is 0.604. The van der Waals surface area contributed by atoms with Gasteiger partial charge in [0.2, 0.25) is 0 Å². The van der Waals surface area contributed by atoms with Crippen LogP contribution in [-0.4, -0.2) is 31.7 Å². The molecule has 0 amide bonds. The SMILES string of the molecule is Br.C1CNCCN1.O. The number of nitrogens with one attached hydrogen (secondary N) is 2. The molecule has 0 radical (unpaired) electrons. The van der Waals surface area contributed by atoms with Crippen LogP contribution in [0.1, 0.15) is 0 Å². The first-order valence-corrected chi connectivity index (χ1v) is 2.41. The molecule has 52 valence electrons. The van der Waals surface area contributed by atoms with E-state index in [1.54, 1.807) is 0 Å². The normalized spacial score (nSPS) is 18.0. The summed E-state index contributed by atoms with van der Waals surface area (Å²) in [5, 5.41) is 6.44. The molecule has 4 heteroatoms. The van der Waals surface area contributed by atoms with Crippen molar-refractivity contribution < 1.29 is 5.48 Å². The Bertz CT molecular complexity index is 29.5. The van der Waals surface area contributed by atoms with Crippen molar-refractivity contribution >= 4 is 17.0 Å². The van der Waals surface area contributed by atoms with E-state index >= 15 is 0 Å². The largest absolute Gasteiger partial charge is 0.412 e. The minimum Gasteiger partial charge on any atom is -0.412 e. The number of rotatable bonds is 0. The van der Waals surface area contributed by atoms with E-state index in [-0.39, 0.29) is 22.5 Å². The van der Waals surface area contributed by atoms with Crippen LogP contribution in [0.4, 0.5) is 0 Å². The lowest BCUT2D eigenvalue weighted by Gasteiger charge is -2.11. The maximum absolute atomic E-state index is 3.22. The predicted molar refractivity (Wildman–Crippen MR) is 39.7 cm³/mol. The van der Waals surface area contributed by atoms with E-state index < -0.39 is 0 Å². The van der Waals surface area contributed by atoms with Crippen molar-refractivity contribution in [1.29, 1.82) is 0 Å². The Labute approximate surface area is 59.9 Å². The maximum Gasteiger partial charge on any atom is 0.00772 e. The van der Waals surface area contributed by atoms with Crippen molar-refractivity contribution in [2.24, 2.45) is 0 Å². The third-order valence-corrected chi connectivity index (χ3v) is 0.957. The Hall–Kier alpha value is 0.360. The van der Waals surface area contributed by atoms with E-state index in [2.05, 4.69) is 10.6 Å². The van der Waals surface area contributed by atoms with Gasteiger partial charge in [-0.25, -0.2) is 0 Å². The maximum atomic E-state index is 3.22. The fraction of sp³-hybridized carbons (Fsp3) is 1.00. The average molecular weight is 185 g/mol. The second-order valence-electron chi connectivity index (χ2n) is 1.50. The number of hydrogen-bond donors (Lipinski definition) is 2. The third-order valence-electron chi connectivity index (χ3n) is 0.957. The second kappa shape index (κ2) is 7.36. The van der Waals surface area contributed by atoms with Crippen molar-refractivity contribution in [2.75, 3.05) is 26.2 Å². The van der Waals surface area contributed by atoms with Crippen LogP contribution in [0, 0.1) is 0 Å². The highest BCUT2D eigenvalue weighted by atomic mass is 79.9. The Morgan fingerprint density at radius 1 is 0.750 bits per heavy atom. The van der Waals surface area contributed by atoms with Crippen molar-refractivity contribution in [3.05, 3.63) is 0 Å². The van der Waals surface area contributed by atoms with Crippen molar-refractivity contribution in [2.45, 2.75) is 0 Å². The first-order chi connectivity index (χ1) is 3.00. The summed E-state index contributed by atoms with van der Waals surface area (Å²) in [6.07, 6.45) is 0. The smallest absolute Gasteiger partial charge is 0.00772 e. The molecule has 0 aromatic heterocycles. The second-order valence-corrected chi connectivity index (χ2v) is 1.50. The molecule has 1 aliphatic heterocycles. The summed E-state index contributed by atoms with van der Waals surface area (Å²) in [6, 6.07) is 0. The molecular formula is C4H13BrN2O. The molecule has 0 aromatic rings. The highest BCUT2D eigenvalue weighted by Crippen LogP contribution is 1.65. The minimum atomic E-state index is 0. The molecular weight excluding hydrogens is 172 g/mol.